The second-order valence-corrected chi connectivity index (χ2v) is 6.46. The molecule has 1 amide bonds. The van der Waals surface area contributed by atoms with E-state index in [1.165, 1.54) is 0 Å². The van der Waals surface area contributed by atoms with Crippen LogP contribution in [-0.2, 0) is 4.79 Å². The van der Waals surface area contributed by atoms with Crippen LogP contribution in [0.3, 0.4) is 0 Å². The highest BCUT2D eigenvalue weighted by Gasteiger charge is 2.37. The van der Waals surface area contributed by atoms with E-state index in [1.54, 1.807) is 0 Å². The topological polar surface area (TPSA) is 32.3 Å². The number of piperidine rings is 1. The highest BCUT2D eigenvalue weighted by molar-refractivity contribution is 5.85. The lowest BCUT2D eigenvalue weighted by Gasteiger charge is -2.31. The van der Waals surface area contributed by atoms with Crippen molar-refractivity contribution in [3.05, 3.63) is 0 Å². The SMILES string of the molecule is CCCCN(CC(F)(F)F)C(=O)CC1CC2CCC(C1)N2.Cl. The summed E-state index contributed by atoms with van der Waals surface area (Å²) in [4.78, 5) is 13.2. The molecule has 0 saturated carbocycles. The summed E-state index contributed by atoms with van der Waals surface area (Å²) >= 11 is 0. The van der Waals surface area contributed by atoms with Gasteiger partial charge < -0.3 is 10.2 Å². The molecule has 2 rings (SSSR count). The summed E-state index contributed by atoms with van der Waals surface area (Å²) in [6, 6.07) is 0.932. The van der Waals surface area contributed by atoms with Gasteiger partial charge in [-0.3, -0.25) is 4.79 Å². The van der Waals surface area contributed by atoms with Gasteiger partial charge in [-0.15, -0.1) is 12.4 Å². The zero-order valence-electron chi connectivity index (χ0n) is 13.0. The van der Waals surface area contributed by atoms with Crippen LogP contribution in [-0.4, -0.2) is 42.2 Å². The second-order valence-electron chi connectivity index (χ2n) is 6.46. The molecule has 0 aromatic carbocycles. The third-order valence-corrected chi connectivity index (χ3v) is 4.54. The largest absolute Gasteiger partial charge is 0.406 e. The van der Waals surface area contributed by atoms with Crippen molar-refractivity contribution in [3.63, 3.8) is 0 Å². The lowest BCUT2D eigenvalue weighted by Crippen LogP contribution is -2.43. The van der Waals surface area contributed by atoms with Crippen LogP contribution >= 0.6 is 12.4 Å². The zero-order chi connectivity index (χ0) is 15.5. The Bertz CT molecular complexity index is 353. The molecular formula is C15H26ClF3N2O. The molecule has 3 nitrogen and oxygen atoms in total. The Balaban J connectivity index is 0.00000242. The molecule has 0 spiro atoms. The number of hydrogen-bond donors (Lipinski definition) is 1. The average Bonchev–Trinajstić information content (AvgIpc) is 2.72. The van der Waals surface area contributed by atoms with E-state index in [2.05, 4.69) is 5.32 Å². The minimum atomic E-state index is -4.31. The van der Waals surface area contributed by atoms with Gasteiger partial charge in [-0.2, -0.15) is 13.2 Å². The van der Waals surface area contributed by atoms with Crippen molar-refractivity contribution in [2.24, 2.45) is 5.92 Å². The molecule has 2 fully saturated rings. The third-order valence-electron chi connectivity index (χ3n) is 4.54. The van der Waals surface area contributed by atoms with E-state index in [0.717, 1.165) is 37.0 Å². The molecule has 7 heteroatoms. The predicted molar refractivity (Wildman–Crippen MR) is 82.1 cm³/mol. The number of carbonyl (C=O) groups is 1. The van der Waals surface area contributed by atoms with Gasteiger partial charge in [0.25, 0.3) is 0 Å². The molecule has 2 aliphatic rings. The quantitative estimate of drug-likeness (QED) is 0.801. The Morgan fingerprint density at radius 1 is 1.23 bits per heavy atom. The number of hydrogen-bond acceptors (Lipinski definition) is 2. The smallest absolute Gasteiger partial charge is 0.334 e. The molecule has 0 radical (unpaired) electrons. The van der Waals surface area contributed by atoms with Gasteiger partial charge in [-0.1, -0.05) is 13.3 Å². The normalized spacial score (nSPS) is 27.4. The summed E-state index contributed by atoms with van der Waals surface area (Å²) in [7, 11) is 0. The molecule has 2 bridgehead atoms. The fourth-order valence-corrected chi connectivity index (χ4v) is 3.58. The maximum absolute atomic E-state index is 12.6. The molecule has 1 N–H and O–H groups in total. The highest BCUT2D eigenvalue weighted by atomic mass is 35.5. The standard InChI is InChI=1S/C15H25F3N2O.ClH/c1-2-3-6-20(10-15(16,17)18)14(21)9-11-7-12-4-5-13(8-11)19-12;/h11-13,19H,2-10H2,1H3;1H. The third kappa shape index (κ3) is 5.95. The van der Waals surface area contributed by atoms with E-state index in [-0.39, 0.29) is 37.2 Å². The highest BCUT2D eigenvalue weighted by Crippen LogP contribution is 2.33. The predicted octanol–water partition coefficient (Wildman–Crippen LogP) is 3.52. The maximum atomic E-state index is 12.6. The van der Waals surface area contributed by atoms with E-state index in [0.29, 0.717) is 18.5 Å². The van der Waals surface area contributed by atoms with Gasteiger partial charge in [0.15, 0.2) is 0 Å². The summed E-state index contributed by atoms with van der Waals surface area (Å²) in [5.74, 6) is -0.0827. The number of amides is 1. The van der Waals surface area contributed by atoms with Crippen molar-refractivity contribution in [2.75, 3.05) is 13.1 Å². The Labute approximate surface area is 136 Å². The van der Waals surface area contributed by atoms with Gasteiger partial charge in [0.2, 0.25) is 5.91 Å². The van der Waals surface area contributed by atoms with E-state index in [9.17, 15) is 18.0 Å². The fraction of sp³-hybridized carbons (Fsp3) is 0.933. The van der Waals surface area contributed by atoms with Gasteiger partial charge in [-0.05, 0) is 38.0 Å². The number of rotatable bonds is 6. The molecular weight excluding hydrogens is 317 g/mol. The molecule has 0 aliphatic carbocycles. The molecule has 2 unspecified atom stereocenters. The average molecular weight is 343 g/mol. The zero-order valence-corrected chi connectivity index (χ0v) is 13.8. The molecule has 22 heavy (non-hydrogen) atoms. The maximum Gasteiger partial charge on any atom is 0.406 e. The fourth-order valence-electron chi connectivity index (χ4n) is 3.58. The van der Waals surface area contributed by atoms with Crippen molar-refractivity contribution in [1.29, 1.82) is 0 Å². The summed E-state index contributed by atoms with van der Waals surface area (Å²) < 4.78 is 37.8. The number of carbonyl (C=O) groups excluding carboxylic acids is 1. The monoisotopic (exact) mass is 342 g/mol. The summed E-state index contributed by atoms with van der Waals surface area (Å²) in [5, 5.41) is 3.49. The summed E-state index contributed by atoms with van der Waals surface area (Å²) in [6.45, 7) is 1.02. The Hall–Kier alpha value is -0.490. The second kappa shape index (κ2) is 8.39. The van der Waals surface area contributed by atoms with Crippen LogP contribution < -0.4 is 5.32 Å². The van der Waals surface area contributed by atoms with Crippen molar-refractivity contribution in [1.82, 2.24) is 10.2 Å². The lowest BCUT2D eigenvalue weighted by atomic mass is 9.89. The van der Waals surface area contributed by atoms with E-state index in [1.807, 2.05) is 6.92 Å². The first-order chi connectivity index (χ1) is 9.87. The van der Waals surface area contributed by atoms with Gasteiger partial charge in [0, 0.05) is 25.0 Å². The number of halogens is 4. The Morgan fingerprint density at radius 3 is 2.32 bits per heavy atom. The van der Waals surface area contributed by atoms with E-state index in [4.69, 9.17) is 0 Å². The number of nitrogens with one attached hydrogen (secondary N) is 1. The van der Waals surface area contributed by atoms with Crippen molar-refractivity contribution < 1.29 is 18.0 Å². The minimum absolute atomic E-state index is 0. The van der Waals surface area contributed by atoms with Crippen LogP contribution in [0.5, 0.6) is 0 Å². The van der Waals surface area contributed by atoms with Crippen LogP contribution in [0.2, 0.25) is 0 Å². The first-order valence-electron chi connectivity index (χ1n) is 7.98. The minimum Gasteiger partial charge on any atom is -0.334 e. The molecule has 0 aromatic rings. The van der Waals surface area contributed by atoms with Crippen molar-refractivity contribution in [2.45, 2.75) is 70.1 Å². The first-order valence-corrected chi connectivity index (χ1v) is 7.98. The molecule has 130 valence electrons. The first kappa shape index (κ1) is 19.6. The van der Waals surface area contributed by atoms with Gasteiger partial charge in [0.05, 0.1) is 0 Å². The number of alkyl halides is 3. The molecule has 2 aliphatic heterocycles. The van der Waals surface area contributed by atoms with Crippen molar-refractivity contribution in [3.8, 4) is 0 Å². The molecule has 0 aromatic heterocycles. The van der Waals surface area contributed by atoms with Crippen LogP contribution in [0.15, 0.2) is 0 Å². The number of nitrogens with zero attached hydrogens (tertiary/aromatic N) is 1. The van der Waals surface area contributed by atoms with Crippen LogP contribution in [0, 0.1) is 5.92 Å². The summed E-state index contributed by atoms with van der Waals surface area (Å²) in [6.07, 6.45) is 1.50. The number of unbranched alkanes of at least 4 members (excludes halogenated alkanes) is 1. The van der Waals surface area contributed by atoms with Crippen LogP contribution in [0.25, 0.3) is 0 Å². The van der Waals surface area contributed by atoms with E-state index >= 15 is 0 Å². The Kier molecular flexibility index (Phi) is 7.46. The van der Waals surface area contributed by atoms with Crippen LogP contribution in [0.1, 0.15) is 51.9 Å². The van der Waals surface area contributed by atoms with Gasteiger partial charge in [0.1, 0.15) is 6.54 Å². The molecule has 2 heterocycles. The number of fused-ring (bicyclic) bond motifs is 2. The van der Waals surface area contributed by atoms with Crippen LogP contribution in [0.4, 0.5) is 13.2 Å². The van der Waals surface area contributed by atoms with Gasteiger partial charge >= 0.3 is 6.18 Å². The lowest BCUT2D eigenvalue weighted by molar-refractivity contribution is -0.162. The molecule has 2 atom stereocenters. The Morgan fingerprint density at radius 2 is 1.82 bits per heavy atom. The van der Waals surface area contributed by atoms with E-state index < -0.39 is 12.7 Å². The van der Waals surface area contributed by atoms with Crippen molar-refractivity contribution >= 4 is 18.3 Å². The summed E-state index contributed by atoms with van der Waals surface area (Å²) in [5.41, 5.74) is 0. The molecule has 2 saturated heterocycles. The van der Waals surface area contributed by atoms with Gasteiger partial charge in [-0.25, -0.2) is 0 Å².